The van der Waals surface area contributed by atoms with Crippen LogP contribution in [0.1, 0.15) is 46.1 Å². The van der Waals surface area contributed by atoms with E-state index in [1.807, 2.05) is 42.1 Å². The molecule has 0 saturated heterocycles. The summed E-state index contributed by atoms with van der Waals surface area (Å²) in [5.74, 6) is 0.372. The number of fused-ring (bicyclic) bond motifs is 1. The van der Waals surface area contributed by atoms with Crippen molar-refractivity contribution in [2.45, 2.75) is 39.2 Å². The Hall–Kier alpha value is -2.71. The van der Waals surface area contributed by atoms with Crippen LogP contribution in [0, 0.1) is 0 Å². The molecule has 2 N–H and O–H groups in total. The van der Waals surface area contributed by atoms with Crippen LogP contribution in [-0.4, -0.2) is 27.5 Å². The van der Waals surface area contributed by atoms with Gasteiger partial charge >= 0.3 is 5.97 Å². The molecule has 1 aliphatic rings. The van der Waals surface area contributed by atoms with Crippen molar-refractivity contribution >= 4 is 45.5 Å². The lowest BCUT2D eigenvalue weighted by Crippen LogP contribution is -2.21. The molecule has 0 spiro atoms. The van der Waals surface area contributed by atoms with E-state index in [1.165, 1.54) is 10.4 Å². The van der Waals surface area contributed by atoms with Crippen LogP contribution in [0.4, 0.5) is 10.8 Å². The lowest BCUT2D eigenvalue weighted by Gasteiger charge is -2.12. The molecule has 0 atom stereocenters. The van der Waals surface area contributed by atoms with Crippen LogP contribution >= 0.6 is 23.6 Å². The average Bonchev–Trinajstić information content (AvgIpc) is 3.32. The highest BCUT2D eigenvalue weighted by molar-refractivity contribution is 7.80. The van der Waals surface area contributed by atoms with E-state index in [4.69, 9.17) is 17.0 Å². The van der Waals surface area contributed by atoms with Crippen molar-refractivity contribution in [2.75, 3.05) is 17.2 Å². The second kappa shape index (κ2) is 9.40. The number of ether oxygens (including phenoxy) is 1. The molecule has 2 aromatic heterocycles. The number of nitrogens with one attached hydrogen (secondary N) is 2. The minimum Gasteiger partial charge on any atom is -0.462 e. The number of aromatic nitrogens is 2. The molecule has 0 unspecified atom stereocenters. The Morgan fingerprint density at radius 3 is 2.80 bits per heavy atom. The van der Waals surface area contributed by atoms with Crippen LogP contribution in [0.2, 0.25) is 0 Å². The summed E-state index contributed by atoms with van der Waals surface area (Å²) < 4.78 is 7.16. The molecule has 1 aromatic carbocycles. The van der Waals surface area contributed by atoms with Crippen molar-refractivity contribution in [3.8, 4) is 0 Å². The quantitative estimate of drug-likeness (QED) is 0.422. The van der Waals surface area contributed by atoms with E-state index in [0.717, 1.165) is 36.2 Å². The van der Waals surface area contributed by atoms with Crippen LogP contribution < -0.4 is 10.6 Å². The number of nitrogens with zero attached hydrogens (tertiary/aromatic N) is 2. The predicted molar refractivity (Wildman–Crippen MR) is 125 cm³/mol. The van der Waals surface area contributed by atoms with Gasteiger partial charge < -0.3 is 15.4 Å². The normalized spacial score (nSPS) is 12.8. The first-order chi connectivity index (χ1) is 14.6. The zero-order chi connectivity index (χ0) is 20.9. The molecule has 0 aliphatic heterocycles. The monoisotopic (exact) mass is 440 g/mol. The summed E-state index contributed by atoms with van der Waals surface area (Å²) in [4.78, 5) is 13.8. The number of rotatable bonds is 6. The van der Waals surface area contributed by atoms with Gasteiger partial charge in [0.25, 0.3) is 0 Å². The van der Waals surface area contributed by atoms with Gasteiger partial charge in [0.05, 0.1) is 18.7 Å². The van der Waals surface area contributed by atoms with Crippen LogP contribution in [0.5, 0.6) is 0 Å². The van der Waals surface area contributed by atoms with E-state index < -0.39 is 0 Å². The lowest BCUT2D eigenvalue weighted by molar-refractivity contribution is 0.0526. The average molecular weight is 441 g/mol. The molecule has 0 fully saturated rings. The Morgan fingerprint density at radius 2 is 2.00 bits per heavy atom. The highest BCUT2D eigenvalue weighted by Gasteiger charge is 2.26. The molecule has 1 aliphatic carbocycles. The first-order valence-corrected chi connectivity index (χ1v) is 11.3. The van der Waals surface area contributed by atoms with Crippen molar-refractivity contribution in [3.63, 3.8) is 0 Å². The molecule has 0 radical (unpaired) electrons. The van der Waals surface area contributed by atoms with Crippen LogP contribution in [-0.2, 0) is 24.1 Å². The van der Waals surface area contributed by atoms with Crippen molar-refractivity contribution in [2.24, 2.45) is 0 Å². The first-order valence-electron chi connectivity index (χ1n) is 10.1. The van der Waals surface area contributed by atoms with Gasteiger partial charge in [0.2, 0.25) is 0 Å². The third-order valence-electron chi connectivity index (χ3n) is 4.95. The third kappa shape index (κ3) is 4.71. The van der Waals surface area contributed by atoms with Gasteiger partial charge in [-0.3, -0.25) is 4.68 Å². The minimum atomic E-state index is -0.283. The van der Waals surface area contributed by atoms with E-state index in [-0.39, 0.29) is 5.97 Å². The summed E-state index contributed by atoms with van der Waals surface area (Å²) in [5.41, 5.74) is 2.92. The van der Waals surface area contributed by atoms with Crippen LogP contribution in [0.3, 0.4) is 0 Å². The Labute approximate surface area is 185 Å². The molecular formula is C22H24N4O2S2. The fourth-order valence-corrected chi connectivity index (χ4v) is 5.16. The summed E-state index contributed by atoms with van der Waals surface area (Å²) in [6, 6.07) is 12.0. The molecule has 4 rings (SSSR count). The fourth-order valence-electron chi connectivity index (χ4n) is 3.61. The largest absolute Gasteiger partial charge is 0.462 e. The Morgan fingerprint density at radius 1 is 1.20 bits per heavy atom. The number of carbonyl (C=O) groups is 1. The van der Waals surface area contributed by atoms with Crippen molar-refractivity contribution < 1.29 is 9.53 Å². The zero-order valence-electron chi connectivity index (χ0n) is 16.8. The molecule has 156 valence electrons. The third-order valence-corrected chi connectivity index (χ3v) is 6.36. The van der Waals surface area contributed by atoms with E-state index in [9.17, 15) is 4.79 Å². The highest BCUT2D eigenvalue weighted by Crippen LogP contribution is 2.38. The standard InChI is InChI=1S/C22H24N4O2S2/c1-2-28-21(27)19-16-10-6-7-11-17(16)30-20(19)24-22(29)23-18-12-13-26(25-18)14-15-8-4-3-5-9-15/h3-5,8-9,12-13H,2,6-7,10-11,14H2,1H3,(H2,23,24,25,29). The molecule has 30 heavy (non-hydrogen) atoms. The topological polar surface area (TPSA) is 68.2 Å². The predicted octanol–water partition coefficient (Wildman–Crippen LogP) is 4.86. The van der Waals surface area contributed by atoms with Crippen molar-refractivity contribution in [1.82, 2.24) is 9.78 Å². The molecular weight excluding hydrogens is 416 g/mol. The number of carbonyl (C=O) groups excluding carboxylic acids is 1. The molecule has 0 amide bonds. The lowest BCUT2D eigenvalue weighted by atomic mass is 9.95. The zero-order valence-corrected chi connectivity index (χ0v) is 18.4. The summed E-state index contributed by atoms with van der Waals surface area (Å²) in [5, 5.41) is 12.0. The second-order valence-corrected chi connectivity index (χ2v) is 8.61. The second-order valence-electron chi connectivity index (χ2n) is 7.10. The van der Waals surface area contributed by atoms with Gasteiger partial charge in [-0.2, -0.15) is 5.10 Å². The summed E-state index contributed by atoms with van der Waals surface area (Å²) in [7, 11) is 0. The first kappa shape index (κ1) is 20.6. The van der Waals surface area contributed by atoms with Gasteiger partial charge in [-0.15, -0.1) is 11.3 Å². The van der Waals surface area contributed by atoms with E-state index in [0.29, 0.717) is 29.6 Å². The van der Waals surface area contributed by atoms with E-state index in [2.05, 4.69) is 27.9 Å². The summed E-state index contributed by atoms with van der Waals surface area (Å²) in [6.07, 6.45) is 6.06. The number of thiophene rings is 1. The fraction of sp³-hybridized carbons (Fsp3) is 0.318. The molecule has 2 heterocycles. The van der Waals surface area contributed by atoms with Gasteiger partial charge in [0.15, 0.2) is 10.9 Å². The van der Waals surface area contributed by atoms with E-state index in [1.54, 1.807) is 11.3 Å². The molecule has 0 bridgehead atoms. The Kier molecular flexibility index (Phi) is 6.44. The number of hydrogen-bond acceptors (Lipinski definition) is 5. The van der Waals surface area contributed by atoms with Gasteiger partial charge in [-0.05, 0) is 56.0 Å². The van der Waals surface area contributed by atoms with Crippen molar-refractivity contribution in [3.05, 3.63) is 64.2 Å². The molecule has 3 aromatic rings. The van der Waals surface area contributed by atoms with Crippen molar-refractivity contribution in [1.29, 1.82) is 0 Å². The molecule has 6 nitrogen and oxygen atoms in total. The maximum absolute atomic E-state index is 12.6. The number of anilines is 2. The summed E-state index contributed by atoms with van der Waals surface area (Å²) >= 11 is 7.09. The molecule has 8 heteroatoms. The number of aryl methyl sites for hydroxylation is 1. The van der Waals surface area contributed by atoms with Gasteiger partial charge in [0, 0.05) is 17.1 Å². The number of benzene rings is 1. The SMILES string of the molecule is CCOC(=O)c1c(NC(=S)Nc2ccn(Cc3ccccc3)n2)sc2c1CCCC2. The maximum Gasteiger partial charge on any atom is 0.341 e. The number of esters is 1. The van der Waals surface area contributed by atoms with Crippen LogP contribution in [0.15, 0.2) is 42.6 Å². The Balaban J connectivity index is 1.45. The minimum absolute atomic E-state index is 0.283. The van der Waals surface area contributed by atoms with E-state index >= 15 is 0 Å². The summed E-state index contributed by atoms with van der Waals surface area (Å²) in [6.45, 7) is 2.86. The highest BCUT2D eigenvalue weighted by atomic mass is 32.1. The van der Waals surface area contributed by atoms with Gasteiger partial charge in [-0.1, -0.05) is 30.3 Å². The Bertz CT molecular complexity index is 1040. The smallest absolute Gasteiger partial charge is 0.341 e. The van der Waals surface area contributed by atoms with Crippen LogP contribution in [0.25, 0.3) is 0 Å². The number of thiocarbonyl (C=S) groups is 1. The maximum atomic E-state index is 12.6. The molecule has 0 saturated carbocycles. The van der Waals surface area contributed by atoms with Gasteiger partial charge in [0.1, 0.15) is 5.00 Å². The van der Waals surface area contributed by atoms with Gasteiger partial charge in [-0.25, -0.2) is 4.79 Å². The number of hydrogen-bond donors (Lipinski definition) is 2.